The molecule has 0 aliphatic heterocycles. The van der Waals surface area contributed by atoms with E-state index >= 15 is 0 Å². The highest BCUT2D eigenvalue weighted by atomic mass is 19.1. The predicted octanol–water partition coefficient (Wildman–Crippen LogP) is 1.83. The van der Waals surface area contributed by atoms with Gasteiger partial charge in [0, 0.05) is 0 Å². The van der Waals surface area contributed by atoms with Crippen LogP contribution < -0.4 is 0 Å². The van der Waals surface area contributed by atoms with Crippen LogP contribution in [0.3, 0.4) is 0 Å². The quantitative estimate of drug-likeness (QED) is 0.729. The molecule has 1 atom stereocenters. The lowest BCUT2D eigenvalue weighted by molar-refractivity contribution is -0.137. The maximum absolute atomic E-state index is 12.6. The number of carboxylic acid groups (broad SMARTS) is 1. The number of hydrogen-bond donors (Lipinski definition) is 1. The van der Waals surface area contributed by atoms with E-state index in [1.165, 1.54) is 24.3 Å². The van der Waals surface area contributed by atoms with Crippen LogP contribution in [0.2, 0.25) is 0 Å². The van der Waals surface area contributed by atoms with Crippen LogP contribution in [0.15, 0.2) is 24.3 Å². The maximum Gasteiger partial charge on any atom is 0.310 e. The Morgan fingerprint density at radius 2 is 2.25 bits per heavy atom. The van der Waals surface area contributed by atoms with Gasteiger partial charge in [-0.15, -0.1) is 0 Å². The van der Waals surface area contributed by atoms with Gasteiger partial charge in [-0.25, -0.2) is 4.39 Å². The summed E-state index contributed by atoms with van der Waals surface area (Å²) in [7, 11) is 0. The Morgan fingerprint density at radius 3 is 2.75 bits per heavy atom. The Balaban J connectivity index is 2.95. The van der Waals surface area contributed by atoms with Gasteiger partial charge < -0.3 is 5.11 Å². The largest absolute Gasteiger partial charge is 0.481 e. The minimum atomic E-state index is -1.05. The van der Waals surface area contributed by atoms with Gasteiger partial charge in [0.2, 0.25) is 0 Å². The van der Waals surface area contributed by atoms with Crippen molar-refractivity contribution < 1.29 is 14.3 Å². The summed E-state index contributed by atoms with van der Waals surface area (Å²) in [6.45, 7) is 3.38. The summed E-state index contributed by atoms with van der Waals surface area (Å²) in [5.74, 6) is -2.40. The van der Waals surface area contributed by atoms with Crippen LogP contribution in [-0.4, -0.2) is 11.1 Å². The summed E-state index contributed by atoms with van der Waals surface area (Å²) in [4.78, 5) is 10.4. The molecule has 0 saturated carbocycles. The van der Waals surface area contributed by atoms with Crippen LogP contribution in [0.25, 0.3) is 0 Å². The molecule has 0 fully saturated rings. The second-order valence-corrected chi connectivity index (χ2v) is 2.45. The first-order valence-electron chi connectivity index (χ1n) is 3.42. The molecule has 0 spiro atoms. The Morgan fingerprint density at radius 1 is 1.58 bits per heavy atom. The zero-order valence-corrected chi connectivity index (χ0v) is 6.33. The van der Waals surface area contributed by atoms with Gasteiger partial charge in [-0.2, -0.15) is 0 Å². The zero-order chi connectivity index (χ0) is 9.14. The summed E-state index contributed by atoms with van der Waals surface area (Å²) in [6, 6.07) is 5.44. The summed E-state index contributed by atoms with van der Waals surface area (Å²) >= 11 is 0. The summed E-state index contributed by atoms with van der Waals surface area (Å²) in [6.07, 6.45) is 0. The van der Waals surface area contributed by atoms with Crippen molar-refractivity contribution in [1.82, 2.24) is 0 Å². The summed E-state index contributed by atoms with van der Waals surface area (Å²) in [5, 5.41) is 8.54. The van der Waals surface area contributed by atoms with Crippen molar-refractivity contribution in [3.8, 4) is 0 Å². The molecule has 0 aliphatic rings. The maximum atomic E-state index is 12.6. The molecule has 2 nitrogen and oxygen atoms in total. The molecule has 12 heavy (non-hydrogen) atoms. The third-order valence-corrected chi connectivity index (χ3v) is 1.55. The molecule has 1 aromatic carbocycles. The van der Waals surface area contributed by atoms with E-state index in [2.05, 4.69) is 6.92 Å². The number of aliphatic carboxylic acids is 1. The van der Waals surface area contributed by atoms with Gasteiger partial charge in [0.15, 0.2) is 0 Å². The summed E-state index contributed by atoms with van der Waals surface area (Å²) < 4.78 is 12.6. The monoisotopic (exact) mass is 167 g/mol. The summed E-state index contributed by atoms with van der Waals surface area (Å²) in [5.41, 5.74) is 0.377. The van der Waals surface area contributed by atoms with Gasteiger partial charge in [-0.3, -0.25) is 4.79 Å². The molecular formula is C9H8FO2. The number of halogens is 1. The molecule has 0 aromatic heterocycles. The van der Waals surface area contributed by atoms with Gasteiger partial charge in [0.25, 0.3) is 0 Å². The first-order chi connectivity index (χ1) is 5.61. The Labute approximate surface area is 69.6 Å². The van der Waals surface area contributed by atoms with Gasteiger partial charge in [-0.05, 0) is 24.6 Å². The van der Waals surface area contributed by atoms with E-state index in [4.69, 9.17) is 5.11 Å². The van der Waals surface area contributed by atoms with Gasteiger partial charge in [0.1, 0.15) is 5.82 Å². The molecule has 1 rings (SSSR count). The zero-order valence-electron chi connectivity index (χ0n) is 6.33. The van der Waals surface area contributed by atoms with Crippen molar-refractivity contribution in [2.75, 3.05) is 0 Å². The second kappa shape index (κ2) is 3.34. The van der Waals surface area contributed by atoms with Crippen LogP contribution in [0.1, 0.15) is 11.5 Å². The van der Waals surface area contributed by atoms with E-state index < -0.39 is 17.7 Å². The van der Waals surface area contributed by atoms with Crippen molar-refractivity contribution in [3.05, 3.63) is 42.6 Å². The van der Waals surface area contributed by atoms with Gasteiger partial charge in [0.05, 0.1) is 5.92 Å². The van der Waals surface area contributed by atoms with Gasteiger partial charge in [-0.1, -0.05) is 12.1 Å². The average molecular weight is 167 g/mol. The molecule has 1 N–H and O–H groups in total. The fraction of sp³-hybridized carbons (Fsp3) is 0.111. The van der Waals surface area contributed by atoms with Crippen molar-refractivity contribution in [2.24, 2.45) is 0 Å². The topological polar surface area (TPSA) is 37.3 Å². The van der Waals surface area contributed by atoms with E-state index in [-0.39, 0.29) is 0 Å². The van der Waals surface area contributed by atoms with E-state index in [0.717, 1.165) is 0 Å². The Kier molecular flexibility index (Phi) is 2.43. The van der Waals surface area contributed by atoms with E-state index in [0.29, 0.717) is 5.56 Å². The molecule has 0 heterocycles. The van der Waals surface area contributed by atoms with Crippen LogP contribution in [0.4, 0.5) is 4.39 Å². The molecule has 0 bridgehead atoms. The number of rotatable bonds is 2. The highest BCUT2D eigenvalue weighted by molar-refractivity contribution is 5.76. The second-order valence-electron chi connectivity index (χ2n) is 2.45. The number of carboxylic acids is 1. The normalized spacial score (nSPS) is 12.5. The van der Waals surface area contributed by atoms with Crippen LogP contribution >= 0.6 is 0 Å². The SMILES string of the molecule is [CH2]C(C(=O)O)c1cccc(F)c1. The first kappa shape index (κ1) is 8.71. The van der Waals surface area contributed by atoms with Crippen LogP contribution in [-0.2, 0) is 4.79 Å². The number of benzene rings is 1. The molecular weight excluding hydrogens is 159 g/mol. The molecule has 1 radical (unpaired) electrons. The fourth-order valence-electron chi connectivity index (χ4n) is 0.866. The smallest absolute Gasteiger partial charge is 0.310 e. The molecule has 3 heteroatoms. The van der Waals surface area contributed by atoms with Crippen molar-refractivity contribution in [3.63, 3.8) is 0 Å². The third-order valence-electron chi connectivity index (χ3n) is 1.55. The van der Waals surface area contributed by atoms with E-state index in [9.17, 15) is 9.18 Å². The Bertz CT molecular complexity index is 296. The highest BCUT2D eigenvalue weighted by Crippen LogP contribution is 2.15. The minimum Gasteiger partial charge on any atom is -0.481 e. The standard InChI is InChI=1S/C9H8FO2/c1-6(9(11)12)7-3-2-4-8(10)5-7/h2-6H,1H2,(H,11,12). The van der Waals surface area contributed by atoms with E-state index in [1.54, 1.807) is 0 Å². The molecule has 1 unspecified atom stereocenters. The van der Waals surface area contributed by atoms with Crippen LogP contribution in [0, 0.1) is 12.7 Å². The molecule has 1 aromatic rings. The molecule has 0 saturated heterocycles. The average Bonchev–Trinajstić information content (AvgIpc) is 2.03. The van der Waals surface area contributed by atoms with Crippen molar-refractivity contribution in [1.29, 1.82) is 0 Å². The lowest BCUT2D eigenvalue weighted by atomic mass is 10.0. The number of carbonyl (C=O) groups is 1. The third kappa shape index (κ3) is 1.81. The first-order valence-corrected chi connectivity index (χ1v) is 3.42. The van der Waals surface area contributed by atoms with Crippen LogP contribution in [0.5, 0.6) is 0 Å². The number of hydrogen-bond acceptors (Lipinski definition) is 1. The predicted molar refractivity (Wildman–Crippen MR) is 42.1 cm³/mol. The molecule has 0 aliphatic carbocycles. The van der Waals surface area contributed by atoms with Crippen molar-refractivity contribution in [2.45, 2.75) is 5.92 Å². The lowest BCUT2D eigenvalue weighted by Crippen LogP contribution is -2.07. The fourth-order valence-corrected chi connectivity index (χ4v) is 0.866. The Hall–Kier alpha value is -1.38. The van der Waals surface area contributed by atoms with Crippen molar-refractivity contribution >= 4 is 5.97 Å². The highest BCUT2D eigenvalue weighted by Gasteiger charge is 2.13. The lowest BCUT2D eigenvalue weighted by Gasteiger charge is -2.04. The molecule has 63 valence electrons. The van der Waals surface area contributed by atoms with E-state index in [1.807, 2.05) is 0 Å². The molecule has 0 amide bonds. The minimum absolute atomic E-state index is 0.377. The van der Waals surface area contributed by atoms with Gasteiger partial charge >= 0.3 is 5.97 Å².